The third-order valence-electron chi connectivity index (χ3n) is 8.76. The smallest absolute Gasteiger partial charge is 0.229 e. The van der Waals surface area contributed by atoms with Crippen molar-refractivity contribution in [1.82, 2.24) is 9.97 Å². The summed E-state index contributed by atoms with van der Waals surface area (Å²) in [7, 11) is -3.40. The number of allylic oxidation sites excluding steroid dienone is 1. The topological polar surface area (TPSA) is 109 Å². The number of sulfonamides is 1. The van der Waals surface area contributed by atoms with Crippen LogP contribution in [-0.4, -0.2) is 35.5 Å². The normalized spacial score (nSPS) is 22.8. The zero-order chi connectivity index (χ0) is 29.6. The van der Waals surface area contributed by atoms with E-state index in [0.717, 1.165) is 64.6 Å². The van der Waals surface area contributed by atoms with Gasteiger partial charge in [-0.1, -0.05) is 67.6 Å². The number of aromatic nitrogens is 2. The van der Waals surface area contributed by atoms with Crippen LogP contribution in [0.15, 0.2) is 90.7 Å². The number of anilines is 1. The Morgan fingerprint density at radius 3 is 2.36 bits per heavy atom. The highest BCUT2D eigenvalue weighted by atomic mass is 32.2. The minimum atomic E-state index is -3.40. The molecule has 1 heterocycles. The number of nitrogens with one attached hydrogen (secondary N) is 1. The molecule has 42 heavy (non-hydrogen) atoms. The molecule has 4 aromatic rings. The van der Waals surface area contributed by atoms with Crippen molar-refractivity contribution in [3.05, 3.63) is 113 Å². The van der Waals surface area contributed by atoms with Gasteiger partial charge in [0.15, 0.2) is 5.78 Å². The molecule has 1 saturated carbocycles. The molecule has 0 amide bonds. The number of hydrogen-bond donors (Lipinski definition) is 2. The molecule has 0 saturated heterocycles. The monoisotopic (exact) mass is 579 g/mol. The van der Waals surface area contributed by atoms with Crippen molar-refractivity contribution in [3.8, 4) is 22.4 Å². The first-order valence-electron chi connectivity index (χ1n) is 14.1. The van der Waals surface area contributed by atoms with E-state index in [2.05, 4.69) is 22.9 Å². The summed E-state index contributed by atoms with van der Waals surface area (Å²) in [6, 6.07) is 25.7. The molecule has 0 radical (unpaired) electrons. The van der Waals surface area contributed by atoms with Crippen LogP contribution in [0.3, 0.4) is 0 Å². The fraction of sp³-hybridized carbons (Fsp3) is 0.265. The van der Waals surface area contributed by atoms with Crippen LogP contribution in [0.25, 0.3) is 22.4 Å². The average molecular weight is 580 g/mol. The van der Waals surface area contributed by atoms with Gasteiger partial charge in [-0.25, -0.2) is 18.4 Å². The van der Waals surface area contributed by atoms with Gasteiger partial charge in [0.1, 0.15) is 5.82 Å². The molecule has 3 atom stereocenters. The van der Waals surface area contributed by atoms with Gasteiger partial charge in [-0.3, -0.25) is 9.52 Å². The van der Waals surface area contributed by atoms with Crippen LogP contribution in [0.1, 0.15) is 42.4 Å². The van der Waals surface area contributed by atoms with Crippen LogP contribution in [0.2, 0.25) is 0 Å². The van der Waals surface area contributed by atoms with E-state index in [0.29, 0.717) is 23.5 Å². The second-order valence-electron chi connectivity index (χ2n) is 11.4. The van der Waals surface area contributed by atoms with Gasteiger partial charge in [0.25, 0.3) is 0 Å². The van der Waals surface area contributed by atoms with Gasteiger partial charge < -0.3 is 5.11 Å². The third kappa shape index (κ3) is 4.79. The molecule has 0 bridgehead atoms. The third-order valence-corrected chi connectivity index (χ3v) is 9.37. The van der Waals surface area contributed by atoms with Crippen molar-refractivity contribution in [2.24, 2.45) is 11.8 Å². The van der Waals surface area contributed by atoms with Gasteiger partial charge in [0.05, 0.1) is 23.9 Å². The number of fused-ring (bicyclic) bond motifs is 3. The molecule has 6 rings (SSSR count). The van der Waals surface area contributed by atoms with E-state index in [1.165, 1.54) is 0 Å². The van der Waals surface area contributed by atoms with Crippen molar-refractivity contribution in [2.45, 2.75) is 38.5 Å². The minimum Gasteiger partial charge on any atom is -0.515 e. The van der Waals surface area contributed by atoms with E-state index in [1.807, 2.05) is 68.4 Å². The summed E-state index contributed by atoms with van der Waals surface area (Å²) >= 11 is 0. The number of nitrogens with zero attached hydrogens (tertiary/aromatic N) is 2. The van der Waals surface area contributed by atoms with Crippen molar-refractivity contribution >= 4 is 21.5 Å². The van der Waals surface area contributed by atoms with Gasteiger partial charge in [-0.05, 0) is 67.0 Å². The molecule has 0 spiro atoms. The van der Waals surface area contributed by atoms with E-state index in [-0.39, 0.29) is 17.6 Å². The maximum atomic E-state index is 13.2. The number of aliphatic hydroxyl groups is 1. The highest BCUT2D eigenvalue weighted by molar-refractivity contribution is 7.92. The lowest BCUT2D eigenvalue weighted by atomic mass is 9.52. The Labute approximate surface area is 246 Å². The Kier molecular flexibility index (Phi) is 6.97. The number of aliphatic hydroxyl groups excluding tert-OH is 1. The number of hydrogen-bond acceptors (Lipinski definition) is 6. The maximum absolute atomic E-state index is 13.2. The Hall–Kier alpha value is -4.30. The van der Waals surface area contributed by atoms with Gasteiger partial charge in [-0.15, -0.1) is 0 Å². The fourth-order valence-electron chi connectivity index (χ4n) is 7.04. The summed E-state index contributed by atoms with van der Waals surface area (Å²) in [6.07, 6.45) is 4.03. The van der Waals surface area contributed by atoms with Crippen LogP contribution >= 0.6 is 0 Å². The van der Waals surface area contributed by atoms with E-state index in [4.69, 9.17) is 9.97 Å². The predicted octanol–water partition coefficient (Wildman–Crippen LogP) is 6.39. The van der Waals surface area contributed by atoms with E-state index in [9.17, 15) is 18.3 Å². The summed E-state index contributed by atoms with van der Waals surface area (Å²) in [5.41, 5.74) is 7.03. The van der Waals surface area contributed by atoms with E-state index in [1.54, 1.807) is 6.07 Å². The highest BCUT2D eigenvalue weighted by Gasteiger charge is 2.55. The second-order valence-corrected chi connectivity index (χ2v) is 13.2. The zero-order valence-electron chi connectivity index (χ0n) is 23.8. The number of Topliss-reactive ketones (excluding diaryl/α,β-unsaturated/α-hetero) is 1. The molecule has 2 aliphatic carbocycles. The molecule has 1 aromatic heterocycles. The van der Waals surface area contributed by atoms with Crippen LogP contribution in [0, 0.1) is 18.8 Å². The summed E-state index contributed by atoms with van der Waals surface area (Å²) < 4.78 is 26.2. The molecule has 2 aliphatic rings. The zero-order valence-corrected chi connectivity index (χ0v) is 24.7. The minimum absolute atomic E-state index is 0.00352. The van der Waals surface area contributed by atoms with Gasteiger partial charge in [-0.2, -0.15) is 0 Å². The quantitative estimate of drug-likeness (QED) is 0.210. The average Bonchev–Trinajstić information content (AvgIpc) is 2.98. The van der Waals surface area contributed by atoms with Gasteiger partial charge in [0, 0.05) is 33.7 Å². The summed E-state index contributed by atoms with van der Waals surface area (Å²) in [5, 5.41) is 10.1. The molecule has 0 unspecified atom stereocenters. The first-order chi connectivity index (χ1) is 20.1. The number of carbonyl (C=O) groups is 1. The number of aryl methyl sites for hydroxylation is 1. The number of benzene rings is 3. The first kappa shape index (κ1) is 27.8. The van der Waals surface area contributed by atoms with Crippen molar-refractivity contribution in [1.29, 1.82) is 0 Å². The Morgan fingerprint density at radius 2 is 1.64 bits per heavy atom. The standard InChI is InChI=1S/C34H33N3O4S/c1-21-30-16-15-29-31(25-11-7-9-23(17-25)24-10-8-14-28(18-24)37-42(3,40)41)35-22(2)36-33(29)34(30,19-26(20-38)32(21)39)27-12-5-4-6-13-27/h4-14,17-18,20-21,30,37-38H,15-16,19H2,1-3H3/b26-20-/t21-,30-,34+/m0/s1. The van der Waals surface area contributed by atoms with E-state index >= 15 is 0 Å². The van der Waals surface area contributed by atoms with Crippen molar-refractivity contribution in [3.63, 3.8) is 0 Å². The van der Waals surface area contributed by atoms with Crippen molar-refractivity contribution < 1.29 is 18.3 Å². The number of ketones is 1. The van der Waals surface area contributed by atoms with E-state index < -0.39 is 15.4 Å². The van der Waals surface area contributed by atoms with Crippen molar-refractivity contribution in [2.75, 3.05) is 11.0 Å². The summed E-state index contributed by atoms with van der Waals surface area (Å²) in [5.74, 6) is 0.412. The molecular formula is C34H33N3O4S. The molecule has 0 aliphatic heterocycles. The molecule has 3 aromatic carbocycles. The summed E-state index contributed by atoms with van der Waals surface area (Å²) in [4.78, 5) is 23.3. The Bertz CT molecular complexity index is 1840. The predicted molar refractivity (Wildman–Crippen MR) is 165 cm³/mol. The SMILES string of the molecule is Cc1nc(-c2cccc(-c3cccc(NS(C)(=O)=O)c3)c2)c2c(n1)[C@@]1(c3ccccc3)C/C(=C/O)C(=O)[C@@H](C)[C@@H]1CC2. The molecular weight excluding hydrogens is 546 g/mol. The molecule has 1 fully saturated rings. The van der Waals surface area contributed by atoms with Crippen LogP contribution in [0.4, 0.5) is 5.69 Å². The maximum Gasteiger partial charge on any atom is 0.229 e. The Balaban J connectivity index is 1.53. The molecule has 7 nitrogen and oxygen atoms in total. The molecule has 2 N–H and O–H groups in total. The summed E-state index contributed by atoms with van der Waals surface area (Å²) in [6.45, 7) is 3.87. The van der Waals surface area contributed by atoms with Gasteiger partial charge >= 0.3 is 0 Å². The lowest BCUT2D eigenvalue weighted by Crippen LogP contribution is -2.51. The molecule has 214 valence electrons. The van der Waals surface area contributed by atoms with Crippen LogP contribution < -0.4 is 4.72 Å². The van der Waals surface area contributed by atoms with Crippen LogP contribution in [-0.2, 0) is 26.7 Å². The molecule has 8 heteroatoms. The number of rotatable bonds is 5. The lowest BCUT2D eigenvalue weighted by molar-refractivity contribution is -0.123. The largest absolute Gasteiger partial charge is 0.515 e. The lowest BCUT2D eigenvalue weighted by Gasteiger charge is -2.51. The number of carbonyl (C=O) groups excluding carboxylic acids is 1. The Morgan fingerprint density at radius 1 is 0.952 bits per heavy atom. The van der Waals surface area contributed by atoms with Gasteiger partial charge in [0.2, 0.25) is 10.0 Å². The fourth-order valence-corrected chi connectivity index (χ4v) is 7.59. The first-order valence-corrected chi connectivity index (χ1v) is 16.0. The second kappa shape index (κ2) is 10.5. The highest BCUT2D eigenvalue weighted by Crippen LogP contribution is 2.56. The van der Waals surface area contributed by atoms with Crippen LogP contribution in [0.5, 0.6) is 0 Å².